The Labute approximate surface area is 531 Å². The summed E-state index contributed by atoms with van der Waals surface area (Å²) in [7, 11) is -11.0. The zero-order chi connectivity index (χ0) is 65.3. The number of ether oxygens (including phenoxy) is 2. The van der Waals surface area contributed by atoms with Crippen molar-refractivity contribution >= 4 is 79.4 Å². The number of nitriles is 3. The van der Waals surface area contributed by atoms with Crippen LogP contribution in [0.3, 0.4) is 0 Å². The van der Waals surface area contributed by atoms with Gasteiger partial charge in [0.2, 0.25) is 0 Å². The summed E-state index contributed by atoms with van der Waals surface area (Å²) in [6, 6.07) is 51.6. The van der Waals surface area contributed by atoms with Crippen molar-refractivity contribution in [2.75, 3.05) is 13.2 Å². The predicted octanol–water partition coefficient (Wildman–Crippen LogP) is 14.7. The van der Waals surface area contributed by atoms with Crippen LogP contribution >= 0.6 is 38.9 Å². The molecule has 0 aliphatic rings. The first-order valence-corrected chi connectivity index (χ1v) is 31.4. The van der Waals surface area contributed by atoms with Gasteiger partial charge in [0.05, 0.1) is 17.4 Å². The molecule has 0 fully saturated rings. The van der Waals surface area contributed by atoms with Crippen LogP contribution in [-0.2, 0) is 53.4 Å². The van der Waals surface area contributed by atoms with E-state index in [9.17, 15) is 35.4 Å². The zero-order valence-electron chi connectivity index (χ0n) is 47.9. The van der Waals surface area contributed by atoms with Crippen LogP contribution < -0.4 is 30.9 Å². The van der Waals surface area contributed by atoms with Gasteiger partial charge in [-0.2, -0.15) is 10.5 Å². The molecule has 0 spiro atoms. The molecule has 0 saturated carbocycles. The Morgan fingerprint density at radius 2 is 1.02 bits per heavy atom. The third kappa shape index (κ3) is 32.1. The molecule has 4 N–H and O–H groups in total. The van der Waals surface area contributed by atoms with E-state index in [1.165, 1.54) is 58.6 Å². The average Bonchev–Trinajstić information content (AvgIpc) is 3.64. The second-order valence-corrected chi connectivity index (χ2v) is 24.4. The maximum Gasteiger partial charge on any atom is 0.679 e. The van der Waals surface area contributed by atoms with Gasteiger partial charge in [0, 0.05) is 38.7 Å². The molecule has 28 heteroatoms. The monoisotopic (exact) mass is 1430 g/mol. The standard InChI is InChI=1S/C19H17P.C18H17F2NO.C11H17BO3.C7H2BrF2N.2C2H4O2.CF2NO5P2.Pd/c1-16-10-8-9-15-19(16)20(17-11-4-2-5-12-17)18-13-6-3-7-14-18;1-2-3-4-9-22-15-7-5-13(6-8-15)14-10-17(19)16(12-21)18(20)11-14;1-2-3-4-9-15-11-7-5-10(6-8-11)12(13)14;8-4-1-6(9)5(3-11)7(10)2-4;2*1-2(3)4;2-8-11(6,10(3)5)9-7-1-4;/h2-15H,1H3;5-8,10-11H,2-4,9H2,1H3;5-8,13-14H,2-4,9H2,1H3;1-2H;2*1H3,(H,3,4);;/q;;;;;;+1;. The number of halogens is 7. The van der Waals surface area contributed by atoms with Crippen molar-refractivity contribution in [3.8, 4) is 41.0 Å². The molecule has 0 aromatic heterocycles. The van der Waals surface area contributed by atoms with E-state index in [0.29, 0.717) is 23.2 Å². The van der Waals surface area contributed by atoms with Gasteiger partial charge in [-0.1, -0.05) is 169 Å². The first kappa shape index (κ1) is 80.7. The average molecular weight is 1440 g/mol. The van der Waals surface area contributed by atoms with Gasteiger partial charge in [-0.3, -0.25) is 9.59 Å². The molecule has 0 bridgehead atoms. The van der Waals surface area contributed by atoms with Gasteiger partial charge >= 0.3 is 28.5 Å². The normalized spacial score (nSPS) is 10.5. The summed E-state index contributed by atoms with van der Waals surface area (Å²) in [5.74, 6) is -3.56. The Morgan fingerprint density at radius 3 is 1.38 bits per heavy atom. The topological polar surface area (TPSA) is 267 Å². The molecule has 470 valence electrons. The fourth-order valence-electron chi connectivity index (χ4n) is 6.58. The van der Waals surface area contributed by atoms with Crippen LogP contribution in [-0.4, -0.2) is 52.5 Å². The van der Waals surface area contributed by atoms with Gasteiger partial charge in [0.25, 0.3) is 11.9 Å². The zero-order valence-corrected chi connectivity index (χ0v) is 53.7. The Bertz CT molecular complexity index is 3290. The van der Waals surface area contributed by atoms with E-state index >= 15 is 0 Å². The van der Waals surface area contributed by atoms with Gasteiger partial charge in [0.15, 0.2) is 0 Å². The van der Waals surface area contributed by atoms with Gasteiger partial charge in [-0.25, -0.2) is 27.0 Å². The quantitative estimate of drug-likeness (QED) is 0.0111. The van der Waals surface area contributed by atoms with E-state index in [1.54, 1.807) is 48.5 Å². The van der Waals surface area contributed by atoms with Crippen LogP contribution in [0.4, 0.5) is 26.3 Å². The summed E-state index contributed by atoms with van der Waals surface area (Å²) in [5, 5.41) is 61.3. The molecule has 0 amide bonds. The molecular weight excluding hydrogens is 1370 g/mol. The fourth-order valence-corrected chi connectivity index (χ4v) is 10.1. The number of nitrogens with zero attached hydrogens (tertiary/aromatic N) is 3. The first-order chi connectivity index (χ1) is 41.4. The number of hydrogen-bond donors (Lipinski definition) is 4. The van der Waals surface area contributed by atoms with Gasteiger partial charge < -0.3 is 29.7 Å². The molecule has 0 saturated heterocycles. The van der Waals surface area contributed by atoms with Crippen LogP contribution in [0.5, 0.6) is 11.5 Å². The van der Waals surface area contributed by atoms with Crippen molar-refractivity contribution in [3.05, 3.63) is 202 Å². The second-order valence-electron chi connectivity index (χ2n) is 17.2. The maximum atomic E-state index is 13.6. The largest absolute Gasteiger partial charge is 0.679 e. The van der Waals surface area contributed by atoms with Gasteiger partial charge in [-0.05, 0) is 128 Å². The van der Waals surface area contributed by atoms with Gasteiger partial charge in [0.1, 0.15) is 58.0 Å². The number of carbonyl (C=O) groups is 2. The van der Waals surface area contributed by atoms with Crippen LogP contribution in [0.15, 0.2) is 162 Å². The molecule has 88 heavy (non-hydrogen) atoms. The van der Waals surface area contributed by atoms with Crippen LogP contribution in [0.2, 0.25) is 0 Å². The SMILES string of the molecule is CC(=O)O.CC(=O)O.CCCCCOc1ccc(-c2cc(F)c(C#N)c(F)c2)cc1.CCCCCOc1ccc(B(O)O)cc1.Cc1ccccc1P(c1ccccc1)c1ccccc1.N#COOP(=O)(OF)[P+](=O)F.N#Cc1c(F)cc(Br)cc1F.[Pd]. The van der Waals surface area contributed by atoms with E-state index in [4.69, 9.17) is 55.1 Å². The molecule has 16 nitrogen and oxygen atoms in total. The van der Waals surface area contributed by atoms with Crippen LogP contribution in [0.25, 0.3) is 11.1 Å². The number of unbranched alkanes of at least 4 members (excludes halogenated alkanes) is 4. The molecule has 0 aliphatic heterocycles. The Hall–Kier alpha value is -7.26. The summed E-state index contributed by atoms with van der Waals surface area (Å²) in [6.07, 6.45) is 7.45. The minimum absolute atomic E-state index is 0. The summed E-state index contributed by atoms with van der Waals surface area (Å²) in [6.45, 7) is 10.0. The molecule has 0 heterocycles. The molecule has 7 rings (SSSR count). The summed E-state index contributed by atoms with van der Waals surface area (Å²) >= 11 is 2.89. The number of aryl methyl sites for hydroxylation is 1. The van der Waals surface area contributed by atoms with Crippen molar-refractivity contribution in [2.45, 2.75) is 73.1 Å². The Morgan fingerprint density at radius 1 is 0.636 bits per heavy atom. The second kappa shape index (κ2) is 45.9. The minimum Gasteiger partial charge on any atom is -0.494 e. The summed E-state index contributed by atoms with van der Waals surface area (Å²) in [5.41, 5.74) is 1.81. The van der Waals surface area contributed by atoms with Crippen LogP contribution in [0.1, 0.15) is 82.9 Å². The number of rotatable bonds is 19. The number of carboxylic acids is 2. The molecular formula is C60H61BBrF6N3O13P3Pd+. The molecule has 0 aliphatic carbocycles. The number of carboxylic acid groups (broad SMARTS) is 2. The Kier molecular flexibility index (Phi) is 42.1. The third-order valence-corrected chi connectivity index (χ3v) is 15.9. The Balaban J connectivity index is 0.00000106. The minimum atomic E-state index is -5.06. The van der Waals surface area contributed by atoms with Crippen LogP contribution in [0, 0.1) is 64.4 Å². The molecule has 7 aromatic carbocycles. The van der Waals surface area contributed by atoms with Crippen molar-refractivity contribution in [1.29, 1.82) is 15.8 Å². The number of aliphatic carboxylic acids is 2. The van der Waals surface area contributed by atoms with Crippen molar-refractivity contribution in [1.82, 2.24) is 0 Å². The summed E-state index contributed by atoms with van der Waals surface area (Å²) in [4.78, 5) is 21.2. The number of benzene rings is 7. The molecule has 7 aromatic rings. The van der Waals surface area contributed by atoms with Gasteiger partial charge in [-0.15, -0.1) is 5.26 Å². The van der Waals surface area contributed by atoms with Crippen molar-refractivity contribution in [3.63, 3.8) is 0 Å². The van der Waals surface area contributed by atoms with Crippen molar-refractivity contribution < 1.29 is 109 Å². The van der Waals surface area contributed by atoms with E-state index in [-0.39, 0.29) is 24.9 Å². The molecule has 0 radical (unpaired) electrons. The predicted molar refractivity (Wildman–Crippen MR) is 324 cm³/mol. The van der Waals surface area contributed by atoms with E-state index in [2.05, 4.69) is 136 Å². The first-order valence-electron chi connectivity index (χ1n) is 25.8. The smallest absolute Gasteiger partial charge is 0.494 e. The van der Waals surface area contributed by atoms with E-state index in [0.717, 1.165) is 76.0 Å². The fraction of sp³-hybridized carbons (Fsp3) is 0.217. The van der Waals surface area contributed by atoms with E-state index in [1.807, 2.05) is 0 Å². The van der Waals surface area contributed by atoms with Crippen molar-refractivity contribution in [2.24, 2.45) is 0 Å². The molecule has 2 unspecified atom stereocenters. The third-order valence-electron chi connectivity index (χ3n) is 10.5. The molecule has 2 atom stereocenters. The maximum absolute atomic E-state index is 13.6. The van der Waals surface area contributed by atoms with E-state index < -0.39 is 76.5 Å². The summed E-state index contributed by atoms with van der Waals surface area (Å²) < 4.78 is 112. The number of hydrogen-bond acceptors (Lipinski definition) is 14.